The normalized spacial score (nSPS) is 10.2. The second-order valence-corrected chi connectivity index (χ2v) is 6.16. The Morgan fingerprint density at radius 1 is 0.944 bits per heavy atom. The summed E-state index contributed by atoms with van der Waals surface area (Å²) in [6, 6.07) is 8.52. The molecule has 0 atom stereocenters. The largest absolute Gasteiger partial charge is 0.299 e. The van der Waals surface area contributed by atoms with Gasteiger partial charge >= 0.3 is 0 Å². The zero-order chi connectivity index (χ0) is 13.4. The van der Waals surface area contributed by atoms with Crippen LogP contribution >= 0.6 is 23.5 Å². The first-order chi connectivity index (χ1) is 8.58. The highest BCUT2D eigenvalue weighted by Crippen LogP contribution is 2.11. The molecule has 4 nitrogen and oxygen atoms in total. The molecule has 0 amide bonds. The molecule has 0 heterocycles. The van der Waals surface area contributed by atoms with Crippen LogP contribution in [0.4, 0.5) is 0 Å². The molecule has 0 fully saturated rings. The van der Waals surface area contributed by atoms with Crippen molar-refractivity contribution in [3.63, 3.8) is 0 Å². The third-order valence-corrected chi connectivity index (χ3v) is 3.79. The van der Waals surface area contributed by atoms with Gasteiger partial charge in [0.15, 0.2) is 0 Å². The van der Waals surface area contributed by atoms with Crippen molar-refractivity contribution >= 4 is 33.9 Å². The van der Waals surface area contributed by atoms with Gasteiger partial charge in [-0.15, -0.1) is 0 Å². The monoisotopic (exact) mass is 284 g/mol. The lowest BCUT2D eigenvalue weighted by molar-refractivity contribution is -0.110. The maximum atomic E-state index is 5.41. The van der Waals surface area contributed by atoms with Gasteiger partial charge in [-0.1, -0.05) is 24.3 Å². The van der Waals surface area contributed by atoms with Crippen molar-refractivity contribution in [1.82, 2.24) is 0 Å². The molecule has 0 spiro atoms. The van der Waals surface area contributed by atoms with Crippen LogP contribution in [0.25, 0.3) is 0 Å². The summed E-state index contributed by atoms with van der Waals surface area (Å²) in [4.78, 5) is 0. The lowest BCUT2D eigenvalue weighted by Crippen LogP contribution is -2.43. The van der Waals surface area contributed by atoms with E-state index in [-0.39, 0.29) is 0 Å². The van der Waals surface area contributed by atoms with Gasteiger partial charge in [-0.25, -0.2) is 0 Å². The van der Waals surface area contributed by atoms with Crippen molar-refractivity contribution in [2.45, 2.75) is 12.8 Å². The summed E-state index contributed by atoms with van der Waals surface area (Å²) in [5, 5.41) is 11.7. The van der Waals surface area contributed by atoms with E-state index < -0.39 is 0 Å². The lowest BCUT2D eigenvalue weighted by Gasteiger charge is -2.04. The highest BCUT2D eigenvalue weighted by molar-refractivity contribution is 8.13. The van der Waals surface area contributed by atoms with Gasteiger partial charge in [0, 0.05) is 11.5 Å². The second kappa shape index (κ2) is 8.05. The molecule has 0 bridgehead atoms. The molecule has 0 unspecified atom stereocenters. The molecule has 98 valence electrons. The first-order valence-electron chi connectivity index (χ1n) is 5.67. The summed E-state index contributed by atoms with van der Waals surface area (Å²) in [6.07, 6.45) is 1.93. The van der Waals surface area contributed by atoms with E-state index in [9.17, 15) is 0 Å². The molecule has 0 aromatic heterocycles. The number of aryl methyl sites for hydroxylation is 2. The van der Waals surface area contributed by atoms with Crippen molar-refractivity contribution < 1.29 is 10.8 Å². The van der Waals surface area contributed by atoms with Crippen LogP contribution in [0.1, 0.15) is 11.1 Å². The van der Waals surface area contributed by atoms with Crippen molar-refractivity contribution in [3.05, 3.63) is 35.4 Å². The van der Waals surface area contributed by atoms with E-state index in [1.165, 1.54) is 34.7 Å². The average Bonchev–Trinajstić information content (AvgIpc) is 2.28. The Labute approximate surface area is 116 Å². The Kier molecular flexibility index (Phi) is 6.67. The van der Waals surface area contributed by atoms with Gasteiger partial charge in [0.25, 0.3) is 10.3 Å². The van der Waals surface area contributed by atoms with Crippen molar-refractivity contribution in [3.8, 4) is 0 Å². The molecule has 0 aliphatic rings. The summed E-state index contributed by atoms with van der Waals surface area (Å²) >= 11 is 2.97. The van der Waals surface area contributed by atoms with Gasteiger partial charge in [-0.3, -0.25) is 22.3 Å². The van der Waals surface area contributed by atoms with E-state index in [0.717, 1.165) is 24.3 Å². The molecule has 8 N–H and O–H groups in total. The second-order valence-electron chi connectivity index (χ2n) is 3.82. The average molecular weight is 284 g/mol. The van der Waals surface area contributed by atoms with Crippen LogP contribution in [-0.2, 0) is 12.8 Å². The maximum Gasteiger partial charge on any atom is 0.299 e. The van der Waals surface area contributed by atoms with E-state index in [1.54, 1.807) is 0 Å². The van der Waals surface area contributed by atoms with E-state index >= 15 is 0 Å². The summed E-state index contributed by atoms with van der Waals surface area (Å²) in [6.45, 7) is 0. The van der Waals surface area contributed by atoms with Crippen LogP contribution in [-0.4, -0.2) is 21.8 Å². The predicted molar refractivity (Wildman–Crippen MR) is 81.0 cm³/mol. The molecule has 0 radical (unpaired) electrons. The quantitative estimate of drug-likeness (QED) is 0.372. The van der Waals surface area contributed by atoms with Gasteiger partial charge in [-0.05, 0) is 47.5 Å². The van der Waals surface area contributed by atoms with Gasteiger partial charge < -0.3 is 0 Å². The topological polar surface area (TPSA) is 103 Å². The molecule has 0 aliphatic heterocycles. The highest BCUT2D eigenvalue weighted by atomic mass is 32.2. The summed E-state index contributed by atoms with van der Waals surface area (Å²) < 4.78 is 0. The van der Waals surface area contributed by atoms with Crippen LogP contribution in [0.3, 0.4) is 0 Å². The fourth-order valence-corrected chi connectivity index (χ4v) is 2.66. The number of hydrogen-bond donors (Lipinski definition) is 4. The van der Waals surface area contributed by atoms with Crippen molar-refractivity contribution in [2.24, 2.45) is 11.5 Å². The number of benzene rings is 1. The summed E-state index contributed by atoms with van der Waals surface area (Å²) in [5.74, 6) is 1.81. The Hall–Kier alpha value is -1.14. The number of hydrogen-bond acceptors (Lipinski definition) is 2. The van der Waals surface area contributed by atoms with Gasteiger partial charge in [0.1, 0.15) is 0 Å². The zero-order valence-corrected chi connectivity index (χ0v) is 11.9. The number of amidine groups is 2. The zero-order valence-electron chi connectivity index (χ0n) is 10.3. The molecular formula is C12H20N4S2+2. The van der Waals surface area contributed by atoms with E-state index in [1.807, 2.05) is 0 Å². The van der Waals surface area contributed by atoms with E-state index in [2.05, 4.69) is 24.3 Å². The SMILES string of the molecule is NC(=[NH2+])SCCc1cccc(CCSC(N)=[NH2+])c1. The van der Waals surface area contributed by atoms with Crippen LogP contribution in [0.2, 0.25) is 0 Å². The standard InChI is InChI=1S/C12H18N4S2/c13-11(14)17-6-4-9-2-1-3-10(8-9)5-7-18-12(15)16/h1-3,8H,4-7H2,(H3,13,14)(H3,15,16)/p+2. The molecule has 6 heteroatoms. The Balaban J connectivity index is 2.41. The number of nitrogens with two attached hydrogens (primary N) is 4. The third kappa shape index (κ3) is 6.56. The fraction of sp³-hybridized carbons (Fsp3) is 0.333. The van der Waals surface area contributed by atoms with Gasteiger partial charge in [0.2, 0.25) is 0 Å². The first kappa shape index (κ1) is 14.9. The summed E-state index contributed by atoms with van der Waals surface area (Å²) in [5.41, 5.74) is 13.4. The van der Waals surface area contributed by atoms with Crippen LogP contribution in [0.15, 0.2) is 24.3 Å². The van der Waals surface area contributed by atoms with E-state index in [0.29, 0.717) is 10.3 Å². The Morgan fingerprint density at radius 3 is 1.78 bits per heavy atom. The van der Waals surface area contributed by atoms with Crippen LogP contribution in [0.5, 0.6) is 0 Å². The smallest absolute Gasteiger partial charge is 0.282 e. The number of thioether (sulfide) groups is 2. The van der Waals surface area contributed by atoms with Crippen LogP contribution in [0, 0.1) is 0 Å². The van der Waals surface area contributed by atoms with Crippen molar-refractivity contribution in [1.29, 1.82) is 0 Å². The van der Waals surface area contributed by atoms with Crippen LogP contribution < -0.4 is 22.3 Å². The molecule has 18 heavy (non-hydrogen) atoms. The minimum absolute atomic E-state index is 0.427. The lowest BCUT2D eigenvalue weighted by atomic mass is 10.1. The minimum Gasteiger partial charge on any atom is -0.282 e. The molecule has 0 saturated carbocycles. The van der Waals surface area contributed by atoms with E-state index in [4.69, 9.17) is 22.3 Å². The summed E-state index contributed by atoms with van der Waals surface area (Å²) in [7, 11) is 0. The molecule has 0 saturated heterocycles. The number of rotatable bonds is 6. The molecule has 1 aromatic carbocycles. The maximum absolute atomic E-state index is 5.41. The highest BCUT2D eigenvalue weighted by Gasteiger charge is 2.01. The predicted octanol–water partition coefficient (Wildman–Crippen LogP) is -1.61. The molecule has 1 rings (SSSR count). The third-order valence-electron chi connectivity index (χ3n) is 2.31. The molecular weight excluding hydrogens is 264 g/mol. The van der Waals surface area contributed by atoms with Gasteiger partial charge in [-0.2, -0.15) is 0 Å². The first-order valence-corrected chi connectivity index (χ1v) is 7.64. The molecule has 0 aliphatic carbocycles. The Bertz CT molecular complexity index is 385. The Morgan fingerprint density at radius 2 is 1.39 bits per heavy atom. The molecule has 1 aromatic rings. The van der Waals surface area contributed by atoms with Gasteiger partial charge in [0.05, 0.1) is 0 Å². The fourth-order valence-electron chi connectivity index (χ4n) is 1.51. The van der Waals surface area contributed by atoms with Crippen molar-refractivity contribution in [2.75, 3.05) is 11.5 Å². The minimum atomic E-state index is 0.427.